The smallest absolute Gasteiger partial charge is 0.416 e. The Morgan fingerprint density at radius 3 is 2.36 bits per heavy atom. The van der Waals surface area contributed by atoms with Crippen LogP contribution in [0.3, 0.4) is 0 Å². The zero-order valence-corrected chi connectivity index (χ0v) is 11.3. The number of amides is 1. The number of carbonyl (C=O) groups is 2. The van der Waals surface area contributed by atoms with Crippen LogP contribution in [-0.2, 0) is 15.8 Å². The Hall–Kier alpha value is -2.49. The van der Waals surface area contributed by atoms with Crippen molar-refractivity contribution >= 4 is 11.9 Å². The minimum absolute atomic E-state index is 0.0166. The summed E-state index contributed by atoms with van der Waals surface area (Å²) in [5.74, 6) is 2.74. The van der Waals surface area contributed by atoms with Gasteiger partial charge >= 0.3 is 12.1 Å². The maximum absolute atomic E-state index is 12.4. The summed E-state index contributed by atoms with van der Waals surface area (Å²) in [7, 11) is 0. The van der Waals surface area contributed by atoms with Gasteiger partial charge in [0, 0.05) is 5.56 Å². The number of nitrogens with one attached hydrogen (secondary N) is 1. The molecule has 1 aromatic carbocycles. The van der Waals surface area contributed by atoms with Crippen LogP contribution in [0.15, 0.2) is 24.3 Å². The second kappa shape index (κ2) is 6.10. The number of hydrogen-bond acceptors (Lipinski definition) is 2. The van der Waals surface area contributed by atoms with Gasteiger partial charge in [0.2, 0.25) is 5.91 Å². The molecule has 0 spiro atoms. The van der Waals surface area contributed by atoms with E-state index in [1.54, 1.807) is 0 Å². The van der Waals surface area contributed by atoms with Gasteiger partial charge in [-0.25, -0.2) is 0 Å². The minimum Gasteiger partial charge on any atom is -0.481 e. The lowest BCUT2D eigenvalue weighted by molar-refractivity contribution is -0.140. The SMILES string of the molecule is O=C(O)[C@H]1C[C@H]1C(=O)NCC#Cc1ccc(C(F)(F)F)cc1. The largest absolute Gasteiger partial charge is 0.481 e. The highest BCUT2D eigenvalue weighted by Crippen LogP contribution is 2.38. The van der Waals surface area contributed by atoms with Gasteiger partial charge in [0.1, 0.15) is 0 Å². The van der Waals surface area contributed by atoms with Gasteiger partial charge in [0.25, 0.3) is 0 Å². The maximum atomic E-state index is 12.4. The number of carboxylic acid groups (broad SMARTS) is 1. The molecule has 0 unspecified atom stereocenters. The molecule has 0 bridgehead atoms. The van der Waals surface area contributed by atoms with Crippen molar-refractivity contribution in [3.8, 4) is 11.8 Å². The molecule has 0 radical (unpaired) electrons. The van der Waals surface area contributed by atoms with Crippen LogP contribution in [0.4, 0.5) is 13.2 Å². The predicted molar refractivity (Wildman–Crippen MR) is 70.6 cm³/mol. The summed E-state index contributed by atoms with van der Waals surface area (Å²) in [6.45, 7) is 0.0166. The molecule has 1 saturated carbocycles. The average molecular weight is 311 g/mol. The lowest BCUT2D eigenvalue weighted by atomic mass is 10.1. The normalized spacial score (nSPS) is 19.8. The summed E-state index contributed by atoms with van der Waals surface area (Å²) in [5, 5.41) is 11.2. The first-order valence-corrected chi connectivity index (χ1v) is 6.45. The second-order valence-corrected chi connectivity index (χ2v) is 4.88. The lowest BCUT2D eigenvalue weighted by Crippen LogP contribution is -2.26. The number of alkyl halides is 3. The topological polar surface area (TPSA) is 66.4 Å². The van der Waals surface area contributed by atoms with E-state index in [0.29, 0.717) is 12.0 Å². The quantitative estimate of drug-likeness (QED) is 0.838. The zero-order valence-electron chi connectivity index (χ0n) is 11.3. The standard InChI is InChI=1S/C15H12F3NO3/c16-15(17,18)10-5-3-9(4-6-10)2-1-7-19-13(20)11-8-12(11)14(21)22/h3-6,11-12H,7-8H2,(H,19,20)(H,21,22)/t11-,12+/m1/s1. The molecule has 2 rings (SSSR count). The van der Waals surface area contributed by atoms with Crippen LogP contribution in [0.1, 0.15) is 17.5 Å². The molecule has 1 aliphatic carbocycles. The van der Waals surface area contributed by atoms with Crippen molar-refractivity contribution in [1.82, 2.24) is 5.32 Å². The van der Waals surface area contributed by atoms with E-state index < -0.39 is 29.5 Å². The monoisotopic (exact) mass is 311 g/mol. The predicted octanol–water partition coefficient (Wildman–Crippen LogP) is 1.89. The molecule has 4 nitrogen and oxygen atoms in total. The molecule has 7 heteroatoms. The fourth-order valence-corrected chi connectivity index (χ4v) is 1.91. The van der Waals surface area contributed by atoms with Crippen LogP contribution in [-0.4, -0.2) is 23.5 Å². The van der Waals surface area contributed by atoms with Crippen LogP contribution < -0.4 is 5.32 Å². The number of halogens is 3. The summed E-state index contributed by atoms with van der Waals surface area (Å²) in [6, 6.07) is 4.37. The molecule has 1 aromatic rings. The molecule has 0 aromatic heterocycles. The first kappa shape index (κ1) is 15.9. The van der Waals surface area contributed by atoms with Crippen molar-refractivity contribution in [2.45, 2.75) is 12.6 Å². The minimum atomic E-state index is -4.38. The summed E-state index contributed by atoms with van der Waals surface area (Å²) in [6.07, 6.45) is -4.06. The van der Waals surface area contributed by atoms with E-state index in [4.69, 9.17) is 5.11 Å². The molecular formula is C15H12F3NO3. The van der Waals surface area contributed by atoms with Gasteiger partial charge in [-0.2, -0.15) is 13.2 Å². The van der Waals surface area contributed by atoms with Crippen molar-refractivity contribution in [2.75, 3.05) is 6.54 Å². The Morgan fingerprint density at radius 1 is 1.23 bits per heavy atom. The number of carbonyl (C=O) groups excluding carboxylic acids is 1. The first-order chi connectivity index (χ1) is 10.3. The van der Waals surface area contributed by atoms with Crippen molar-refractivity contribution in [2.24, 2.45) is 11.8 Å². The molecular weight excluding hydrogens is 299 g/mol. The van der Waals surface area contributed by atoms with Crippen LogP contribution in [0.2, 0.25) is 0 Å². The highest BCUT2D eigenvalue weighted by molar-refractivity contribution is 5.89. The Balaban J connectivity index is 1.82. The van der Waals surface area contributed by atoms with Crippen LogP contribution in [0.25, 0.3) is 0 Å². The van der Waals surface area contributed by atoms with Gasteiger partial charge in [0.15, 0.2) is 0 Å². The van der Waals surface area contributed by atoms with Crippen molar-refractivity contribution in [3.63, 3.8) is 0 Å². The zero-order chi connectivity index (χ0) is 16.3. The fourth-order valence-electron chi connectivity index (χ4n) is 1.91. The van der Waals surface area contributed by atoms with E-state index in [0.717, 1.165) is 12.1 Å². The number of aliphatic carboxylic acids is 1. The molecule has 116 valence electrons. The van der Waals surface area contributed by atoms with Crippen molar-refractivity contribution in [3.05, 3.63) is 35.4 Å². The van der Waals surface area contributed by atoms with E-state index in [2.05, 4.69) is 17.2 Å². The van der Waals surface area contributed by atoms with Crippen LogP contribution >= 0.6 is 0 Å². The average Bonchev–Trinajstić information content (AvgIpc) is 3.23. The van der Waals surface area contributed by atoms with Crippen LogP contribution in [0, 0.1) is 23.7 Å². The number of hydrogen-bond donors (Lipinski definition) is 2. The van der Waals surface area contributed by atoms with Crippen molar-refractivity contribution < 1.29 is 27.9 Å². The molecule has 2 N–H and O–H groups in total. The number of rotatable bonds is 3. The molecule has 1 amide bonds. The van der Waals surface area contributed by atoms with E-state index in [9.17, 15) is 22.8 Å². The van der Waals surface area contributed by atoms with E-state index in [-0.39, 0.29) is 12.5 Å². The summed E-state index contributed by atoms with van der Waals surface area (Å²) in [5.41, 5.74) is -0.350. The Labute approximate surface area is 124 Å². The third-order valence-corrected chi connectivity index (χ3v) is 3.24. The van der Waals surface area contributed by atoms with Crippen molar-refractivity contribution in [1.29, 1.82) is 0 Å². The second-order valence-electron chi connectivity index (χ2n) is 4.88. The third-order valence-electron chi connectivity index (χ3n) is 3.24. The van der Waals surface area contributed by atoms with E-state index >= 15 is 0 Å². The van der Waals surface area contributed by atoms with Gasteiger partial charge in [-0.1, -0.05) is 11.8 Å². The van der Waals surface area contributed by atoms with Crippen LogP contribution in [0.5, 0.6) is 0 Å². The summed E-state index contributed by atoms with van der Waals surface area (Å²) < 4.78 is 37.1. The molecule has 1 aliphatic rings. The molecule has 0 heterocycles. The molecule has 1 fully saturated rings. The molecule has 22 heavy (non-hydrogen) atoms. The third kappa shape index (κ3) is 4.01. The van der Waals surface area contributed by atoms with Gasteiger partial charge in [-0.3, -0.25) is 9.59 Å². The van der Waals surface area contributed by atoms with Gasteiger partial charge in [-0.05, 0) is 30.7 Å². The number of carboxylic acids is 1. The molecule has 0 saturated heterocycles. The highest BCUT2D eigenvalue weighted by Gasteiger charge is 2.48. The van der Waals surface area contributed by atoms with E-state index in [1.807, 2.05) is 0 Å². The Morgan fingerprint density at radius 2 is 1.86 bits per heavy atom. The molecule has 0 aliphatic heterocycles. The summed E-state index contributed by atoms with van der Waals surface area (Å²) in [4.78, 5) is 22.1. The van der Waals surface area contributed by atoms with Gasteiger partial charge < -0.3 is 10.4 Å². The Kier molecular flexibility index (Phi) is 4.40. The lowest BCUT2D eigenvalue weighted by Gasteiger charge is -2.05. The van der Waals surface area contributed by atoms with Gasteiger partial charge in [0.05, 0.1) is 23.9 Å². The molecule has 2 atom stereocenters. The highest BCUT2D eigenvalue weighted by atomic mass is 19.4. The Bertz CT molecular complexity index is 641. The fraction of sp³-hybridized carbons (Fsp3) is 0.333. The van der Waals surface area contributed by atoms with Gasteiger partial charge in [-0.15, -0.1) is 0 Å². The first-order valence-electron chi connectivity index (χ1n) is 6.45. The number of benzene rings is 1. The van der Waals surface area contributed by atoms with E-state index in [1.165, 1.54) is 12.1 Å². The maximum Gasteiger partial charge on any atom is 0.416 e. The summed E-state index contributed by atoms with van der Waals surface area (Å²) >= 11 is 0.